The highest BCUT2D eigenvalue weighted by molar-refractivity contribution is 7.17. The van der Waals surface area contributed by atoms with Crippen molar-refractivity contribution >= 4 is 34.3 Å². The van der Waals surface area contributed by atoms with E-state index in [1.807, 2.05) is 6.07 Å². The first-order valence-electron chi connectivity index (χ1n) is 8.42. The number of furan rings is 1. The van der Waals surface area contributed by atoms with Gasteiger partial charge in [0.2, 0.25) is 0 Å². The Morgan fingerprint density at radius 3 is 2.92 bits per heavy atom. The van der Waals surface area contributed by atoms with Crippen molar-refractivity contribution < 1.29 is 18.7 Å². The number of thiophene rings is 1. The zero-order valence-corrected chi connectivity index (χ0v) is 15.1. The fourth-order valence-electron chi connectivity index (χ4n) is 2.91. The van der Waals surface area contributed by atoms with E-state index in [2.05, 4.69) is 5.32 Å². The van der Waals surface area contributed by atoms with Gasteiger partial charge in [-0.25, -0.2) is 4.79 Å². The summed E-state index contributed by atoms with van der Waals surface area (Å²) in [6.45, 7) is 2.01. The van der Waals surface area contributed by atoms with Crippen molar-refractivity contribution in [1.82, 2.24) is 0 Å². The number of ether oxygens (including phenoxy) is 1. The molecule has 7 heteroatoms. The van der Waals surface area contributed by atoms with Crippen molar-refractivity contribution in [3.63, 3.8) is 0 Å². The van der Waals surface area contributed by atoms with Crippen LogP contribution in [-0.2, 0) is 22.4 Å². The number of hydrogen-bond acceptors (Lipinski definition) is 6. The standard InChI is InChI=1S/C19H18N2O4S/c1-2-24-19(23)16-14-7-3-4-8-15(14)26-18(16)21-17(22)12(11-20)10-13-6-5-9-25-13/h5-6,9-10H,2-4,7-8H2,1H3,(H,21,22). The number of nitrogens with one attached hydrogen (secondary N) is 1. The summed E-state index contributed by atoms with van der Waals surface area (Å²) < 4.78 is 10.3. The molecule has 0 fully saturated rings. The van der Waals surface area contributed by atoms with Crippen molar-refractivity contribution in [1.29, 1.82) is 5.26 Å². The lowest BCUT2D eigenvalue weighted by atomic mass is 9.95. The van der Waals surface area contributed by atoms with Gasteiger partial charge in [-0.05, 0) is 50.3 Å². The molecule has 2 aromatic heterocycles. The second-order valence-electron chi connectivity index (χ2n) is 5.77. The second-order valence-corrected chi connectivity index (χ2v) is 6.88. The maximum Gasteiger partial charge on any atom is 0.341 e. The monoisotopic (exact) mass is 370 g/mol. The lowest BCUT2D eigenvalue weighted by Crippen LogP contribution is -2.16. The average molecular weight is 370 g/mol. The van der Waals surface area contributed by atoms with Gasteiger partial charge < -0.3 is 14.5 Å². The van der Waals surface area contributed by atoms with E-state index in [1.165, 1.54) is 23.7 Å². The number of rotatable bonds is 5. The summed E-state index contributed by atoms with van der Waals surface area (Å²) in [6.07, 6.45) is 6.58. The molecule has 1 aliphatic carbocycles. The van der Waals surface area contributed by atoms with Crippen LogP contribution in [0, 0.1) is 11.3 Å². The van der Waals surface area contributed by atoms with E-state index in [1.54, 1.807) is 19.1 Å². The Morgan fingerprint density at radius 1 is 1.42 bits per heavy atom. The van der Waals surface area contributed by atoms with Gasteiger partial charge in [0.05, 0.1) is 18.4 Å². The molecular weight excluding hydrogens is 352 g/mol. The molecule has 2 aromatic rings. The van der Waals surface area contributed by atoms with E-state index in [0.29, 0.717) is 16.3 Å². The lowest BCUT2D eigenvalue weighted by Gasteiger charge is -2.12. The number of esters is 1. The SMILES string of the molecule is CCOC(=O)c1c(NC(=O)C(C#N)=Cc2ccco2)sc2c1CCCC2. The largest absolute Gasteiger partial charge is 0.465 e. The molecule has 0 aliphatic heterocycles. The van der Waals surface area contributed by atoms with E-state index < -0.39 is 11.9 Å². The highest BCUT2D eigenvalue weighted by Gasteiger charge is 2.27. The zero-order chi connectivity index (χ0) is 18.5. The highest BCUT2D eigenvalue weighted by atomic mass is 32.1. The number of anilines is 1. The Morgan fingerprint density at radius 2 is 2.23 bits per heavy atom. The van der Waals surface area contributed by atoms with Crippen LogP contribution < -0.4 is 5.32 Å². The Labute approximate surface area is 155 Å². The summed E-state index contributed by atoms with van der Waals surface area (Å²) >= 11 is 1.39. The minimum absolute atomic E-state index is 0.0962. The van der Waals surface area contributed by atoms with E-state index in [0.717, 1.165) is 36.1 Å². The fraction of sp³-hybridized carbons (Fsp3) is 0.316. The summed E-state index contributed by atoms with van der Waals surface area (Å²) in [6, 6.07) is 5.20. The molecule has 0 saturated carbocycles. The smallest absolute Gasteiger partial charge is 0.341 e. The molecule has 1 amide bonds. The zero-order valence-electron chi connectivity index (χ0n) is 14.3. The first kappa shape index (κ1) is 18.0. The Kier molecular flexibility index (Phi) is 5.54. The molecule has 134 valence electrons. The molecule has 0 atom stereocenters. The Balaban J connectivity index is 1.91. The van der Waals surface area contributed by atoms with Crippen LogP contribution >= 0.6 is 11.3 Å². The Hall–Kier alpha value is -2.85. The number of hydrogen-bond donors (Lipinski definition) is 1. The normalized spacial score (nSPS) is 13.6. The van der Waals surface area contributed by atoms with Gasteiger partial charge in [0, 0.05) is 11.0 Å². The molecule has 2 heterocycles. The van der Waals surface area contributed by atoms with Crippen LogP contribution in [-0.4, -0.2) is 18.5 Å². The maximum atomic E-state index is 12.5. The van der Waals surface area contributed by atoms with Crippen molar-refractivity contribution in [2.75, 3.05) is 11.9 Å². The third kappa shape index (κ3) is 3.70. The van der Waals surface area contributed by atoms with Gasteiger partial charge in [-0.2, -0.15) is 5.26 Å². The number of aryl methyl sites for hydroxylation is 1. The molecule has 3 rings (SSSR count). The Bertz CT molecular complexity index is 888. The van der Waals surface area contributed by atoms with E-state index in [4.69, 9.17) is 9.15 Å². The first-order chi connectivity index (χ1) is 12.6. The van der Waals surface area contributed by atoms with Gasteiger partial charge in [-0.1, -0.05) is 0 Å². The maximum absolute atomic E-state index is 12.5. The lowest BCUT2D eigenvalue weighted by molar-refractivity contribution is -0.112. The average Bonchev–Trinajstić information content (AvgIpc) is 3.26. The fourth-order valence-corrected chi connectivity index (χ4v) is 4.18. The van der Waals surface area contributed by atoms with Crippen LogP contribution in [0.1, 0.15) is 46.3 Å². The predicted molar refractivity (Wildman–Crippen MR) is 97.8 cm³/mol. The van der Waals surface area contributed by atoms with Crippen LogP contribution in [0.3, 0.4) is 0 Å². The van der Waals surface area contributed by atoms with Crippen LogP contribution in [0.2, 0.25) is 0 Å². The molecule has 6 nitrogen and oxygen atoms in total. The minimum Gasteiger partial charge on any atom is -0.465 e. The predicted octanol–water partition coefficient (Wildman–Crippen LogP) is 3.94. The second kappa shape index (κ2) is 8.02. The quantitative estimate of drug-likeness (QED) is 0.489. The number of amides is 1. The van der Waals surface area contributed by atoms with Crippen molar-refractivity contribution in [2.24, 2.45) is 0 Å². The van der Waals surface area contributed by atoms with E-state index in [9.17, 15) is 14.9 Å². The number of nitrogens with zero attached hydrogens (tertiary/aromatic N) is 1. The van der Waals surface area contributed by atoms with Gasteiger partial charge in [0.25, 0.3) is 5.91 Å². The number of nitriles is 1. The number of fused-ring (bicyclic) bond motifs is 1. The highest BCUT2D eigenvalue weighted by Crippen LogP contribution is 2.38. The van der Waals surface area contributed by atoms with Crippen molar-refractivity contribution in [3.8, 4) is 6.07 Å². The van der Waals surface area contributed by atoms with E-state index >= 15 is 0 Å². The van der Waals surface area contributed by atoms with Crippen LogP contribution in [0.15, 0.2) is 28.4 Å². The summed E-state index contributed by atoms with van der Waals surface area (Å²) in [5.41, 5.74) is 1.29. The van der Waals surface area contributed by atoms with Gasteiger partial charge >= 0.3 is 5.97 Å². The molecule has 1 N–H and O–H groups in total. The third-order valence-corrected chi connectivity index (χ3v) is 5.28. The summed E-state index contributed by atoms with van der Waals surface area (Å²) in [7, 11) is 0. The molecule has 0 radical (unpaired) electrons. The first-order valence-corrected chi connectivity index (χ1v) is 9.24. The topological polar surface area (TPSA) is 92.3 Å². The van der Waals surface area contributed by atoms with Gasteiger partial charge in [0.15, 0.2) is 0 Å². The van der Waals surface area contributed by atoms with Crippen molar-refractivity contribution in [2.45, 2.75) is 32.6 Å². The number of carbonyl (C=O) groups excluding carboxylic acids is 2. The third-order valence-electron chi connectivity index (χ3n) is 4.07. The molecule has 1 aliphatic rings. The van der Waals surface area contributed by atoms with Crippen LogP contribution in [0.5, 0.6) is 0 Å². The molecule has 0 spiro atoms. The van der Waals surface area contributed by atoms with Crippen LogP contribution in [0.4, 0.5) is 5.00 Å². The van der Waals surface area contributed by atoms with Crippen molar-refractivity contribution in [3.05, 3.63) is 45.7 Å². The van der Waals surface area contributed by atoms with Gasteiger partial charge in [-0.3, -0.25) is 4.79 Å². The molecule has 0 bridgehead atoms. The summed E-state index contributed by atoms with van der Waals surface area (Å²) in [5.74, 6) is -0.600. The summed E-state index contributed by atoms with van der Waals surface area (Å²) in [4.78, 5) is 26.0. The van der Waals surface area contributed by atoms with Gasteiger partial charge in [-0.15, -0.1) is 11.3 Å². The molecule has 0 unspecified atom stereocenters. The van der Waals surface area contributed by atoms with E-state index in [-0.39, 0.29) is 12.2 Å². The molecule has 0 aromatic carbocycles. The molecular formula is C19H18N2O4S. The number of carbonyl (C=O) groups is 2. The van der Waals surface area contributed by atoms with Crippen LogP contribution in [0.25, 0.3) is 6.08 Å². The molecule has 0 saturated heterocycles. The molecule has 26 heavy (non-hydrogen) atoms. The summed E-state index contributed by atoms with van der Waals surface area (Å²) in [5, 5.41) is 12.5. The van der Waals surface area contributed by atoms with Gasteiger partial charge in [0.1, 0.15) is 22.4 Å². The minimum atomic E-state index is -0.576.